The number of furan rings is 1. The lowest BCUT2D eigenvalue weighted by Gasteiger charge is -2.29. The van der Waals surface area contributed by atoms with Crippen molar-refractivity contribution in [3.05, 3.63) is 93.9 Å². The first-order valence-electron chi connectivity index (χ1n) is 11.6. The molecule has 4 aromatic rings. The number of hydrogen-bond acceptors (Lipinski definition) is 7. The first-order valence-corrected chi connectivity index (χ1v) is 12.0. The molecule has 2 heterocycles. The second kappa shape index (κ2) is 9.79. The molecule has 5 rings (SSSR count). The van der Waals surface area contributed by atoms with Gasteiger partial charge in [-0.1, -0.05) is 29.8 Å². The summed E-state index contributed by atoms with van der Waals surface area (Å²) in [4.78, 5) is 28.9. The molecular formula is C29H24ClNO7. The van der Waals surface area contributed by atoms with E-state index in [2.05, 4.69) is 0 Å². The molecule has 1 aliphatic rings. The van der Waals surface area contributed by atoms with Crippen LogP contribution in [-0.2, 0) is 4.79 Å². The lowest BCUT2D eigenvalue weighted by molar-refractivity contribution is -0.117. The van der Waals surface area contributed by atoms with E-state index in [4.69, 9.17) is 30.2 Å². The first-order chi connectivity index (χ1) is 18.3. The fourth-order valence-electron chi connectivity index (χ4n) is 4.75. The standard InChI is InChI=1S/C29H24ClNO7/c1-15-7-5-6-8-19(15)31-25(17-13-22(35-2)28(37-4)23(14-17)36-3)24(27(33)29(31)34)26(32)21-12-16-11-18(30)9-10-20(16)38-21/h5-14,25,33H,1-4H3. The Kier molecular flexibility index (Phi) is 6.50. The molecular weight excluding hydrogens is 510 g/mol. The molecule has 194 valence electrons. The predicted molar refractivity (Wildman–Crippen MR) is 143 cm³/mol. The van der Waals surface area contributed by atoms with Crippen molar-refractivity contribution in [2.75, 3.05) is 26.2 Å². The Balaban J connectivity index is 1.73. The zero-order valence-electron chi connectivity index (χ0n) is 21.1. The summed E-state index contributed by atoms with van der Waals surface area (Å²) in [6.45, 7) is 1.84. The van der Waals surface area contributed by atoms with E-state index in [1.54, 1.807) is 42.5 Å². The highest BCUT2D eigenvalue weighted by Gasteiger charge is 2.46. The van der Waals surface area contributed by atoms with Crippen LogP contribution in [0.2, 0.25) is 5.02 Å². The number of methoxy groups -OCH3 is 3. The summed E-state index contributed by atoms with van der Waals surface area (Å²) in [5, 5.41) is 12.2. The number of amides is 1. The molecule has 0 spiro atoms. The topological polar surface area (TPSA) is 98.4 Å². The monoisotopic (exact) mass is 533 g/mol. The zero-order valence-corrected chi connectivity index (χ0v) is 21.8. The van der Waals surface area contributed by atoms with Gasteiger partial charge >= 0.3 is 0 Å². The van der Waals surface area contributed by atoms with Crippen molar-refractivity contribution in [2.45, 2.75) is 13.0 Å². The fourth-order valence-corrected chi connectivity index (χ4v) is 4.93. The number of aliphatic hydroxyl groups is 1. The fraction of sp³-hybridized carbons (Fsp3) is 0.172. The number of aryl methyl sites for hydroxylation is 1. The summed E-state index contributed by atoms with van der Waals surface area (Å²) in [5.41, 5.74) is 2.07. The second-order valence-corrected chi connectivity index (χ2v) is 9.14. The van der Waals surface area contributed by atoms with Crippen LogP contribution in [-0.4, -0.2) is 38.1 Å². The number of benzene rings is 3. The molecule has 1 amide bonds. The Hall–Kier alpha value is -4.43. The Bertz CT molecular complexity index is 1600. The molecule has 1 atom stereocenters. The highest BCUT2D eigenvalue weighted by molar-refractivity contribution is 6.31. The number of Topliss-reactive ketones (excluding diaryl/α,β-unsaturated/α-hetero) is 1. The number of aliphatic hydroxyl groups excluding tert-OH is 1. The van der Waals surface area contributed by atoms with Gasteiger partial charge in [-0.05, 0) is 60.5 Å². The predicted octanol–water partition coefficient (Wildman–Crippen LogP) is 6.20. The van der Waals surface area contributed by atoms with Crippen LogP contribution < -0.4 is 19.1 Å². The molecule has 0 radical (unpaired) electrons. The van der Waals surface area contributed by atoms with Crippen molar-refractivity contribution in [1.29, 1.82) is 0 Å². The molecule has 0 saturated carbocycles. The van der Waals surface area contributed by atoms with Gasteiger partial charge in [-0.2, -0.15) is 0 Å². The van der Waals surface area contributed by atoms with Crippen LogP contribution in [0.15, 0.2) is 76.4 Å². The lowest BCUT2D eigenvalue weighted by Crippen LogP contribution is -2.31. The molecule has 1 aromatic heterocycles. The minimum Gasteiger partial charge on any atom is -0.503 e. The number of nitrogens with zero attached hydrogens (tertiary/aromatic N) is 1. The van der Waals surface area contributed by atoms with Gasteiger partial charge in [0.15, 0.2) is 23.0 Å². The van der Waals surface area contributed by atoms with Crippen molar-refractivity contribution in [3.63, 3.8) is 0 Å². The summed E-state index contributed by atoms with van der Waals surface area (Å²) in [5.74, 6) is -1.07. The van der Waals surface area contributed by atoms with Crippen molar-refractivity contribution < 1.29 is 33.3 Å². The number of rotatable bonds is 7. The number of carbonyl (C=O) groups is 2. The minimum atomic E-state index is -1.03. The summed E-state index contributed by atoms with van der Waals surface area (Å²) in [6, 6.07) is 16.0. The molecule has 0 aliphatic carbocycles. The van der Waals surface area contributed by atoms with Gasteiger partial charge in [0.1, 0.15) is 5.58 Å². The smallest absolute Gasteiger partial charge is 0.294 e. The zero-order chi connectivity index (χ0) is 27.1. The highest BCUT2D eigenvalue weighted by atomic mass is 35.5. The SMILES string of the molecule is COc1cc(C2C(C(=O)c3cc4cc(Cl)ccc4o3)=C(O)C(=O)N2c2ccccc2C)cc(OC)c1OC. The minimum absolute atomic E-state index is 0.0410. The highest BCUT2D eigenvalue weighted by Crippen LogP contribution is 2.47. The van der Waals surface area contributed by atoms with E-state index in [1.807, 2.05) is 19.1 Å². The number of anilines is 1. The Morgan fingerprint density at radius 1 is 0.974 bits per heavy atom. The third-order valence-electron chi connectivity index (χ3n) is 6.53. The molecule has 8 nitrogen and oxygen atoms in total. The van der Waals surface area contributed by atoms with E-state index in [1.165, 1.54) is 32.3 Å². The second-order valence-electron chi connectivity index (χ2n) is 8.71. The molecule has 1 aliphatic heterocycles. The van der Waals surface area contributed by atoms with Crippen LogP contribution in [0.4, 0.5) is 5.69 Å². The third kappa shape index (κ3) is 4.03. The van der Waals surface area contributed by atoms with E-state index in [0.717, 1.165) is 5.56 Å². The summed E-state index contributed by atoms with van der Waals surface area (Å²) < 4.78 is 22.3. The van der Waals surface area contributed by atoms with Crippen LogP contribution >= 0.6 is 11.6 Å². The van der Waals surface area contributed by atoms with Crippen molar-refractivity contribution >= 4 is 39.9 Å². The molecule has 0 saturated heterocycles. The van der Waals surface area contributed by atoms with Crippen LogP contribution in [0, 0.1) is 6.92 Å². The van der Waals surface area contributed by atoms with E-state index in [9.17, 15) is 14.7 Å². The molecule has 3 aromatic carbocycles. The van der Waals surface area contributed by atoms with E-state index in [0.29, 0.717) is 44.5 Å². The first kappa shape index (κ1) is 25.2. The Morgan fingerprint density at radius 3 is 2.29 bits per heavy atom. The lowest BCUT2D eigenvalue weighted by atomic mass is 9.93. The molecule has 1 N–H and O–H groups in total. The average Bonchev–Trinajstić information content (AvgIpc) is 3.46. The number of ketones is 1. The van der Waals surface area contributed by atoms with Crippen LogP contribution in [0.25, 0.3) is 11.0 Å². The number of hydrogen-bond donors (Lipinski definition) is 1. The van der Waals surface area contributed by atoms with Crippen molar-refractivity contribution in [3.8, 4) is 17.2 Å². The largest absolute Gasteiger partial charge is 0.503 e. The number of fused-ring (bicyclic) bond motifs is 1. The maximum absolute atomic E-state index is 13.9. The Labute approximate surface area is 223 Å². The van der Waals surface area contributed by atoms with Crippen molar-refractivity contribution in [2.24, 2.45) is 0 Å². The molecule has 9 heteroatoms. The van der Waals surface area contributed by atoms with E-state index >= 15 is 0 Å². The summed E-state index contributed by atoms with van der Waals surface area (Å²) in [6.07, 6.45) is 0. The van der Waals surface area contributed by atoms with Gasteiger partial charge in [0.2, 0.25) is 11.5 Å². The summed E-state index contributed by atoms with van der Waals surface area (Å²) in [7, 11) is 4.42. The van der Waals surface area contributed by atoms with E-state index in [-0.39, 0.29) is 11.3 Å². The van der Waals surface area contributed by atoms with Gasteiger partial charge in [-0.3, -0.25) is 14.5 Å². The van der Waals surface area contributed by atoms with E-state index < -0.39 is 23.5 Å². The average molecular weight is 534 g/mol. The van der Waals surface area contributed by atoms with Gasteiger partial charge in [0.25, 0.3) is 5.91 Å². The number of carbonyl (C=O) groups excluding carboxylic acids is 2. The number of halogens is 1. The molecule has 1 unspecified atom stereocenters. The van der Waals surface area contributed by atoms with Crippen LogP contribution in [0.1, 0.15) is 27.7 Å². The molecule has 0 fully saturated rings. The van der Waals surface area contributed by atoms with Crippen LogP contribution in [0.5, 0.6) is 17.2 Å². The van der Waals surface area contributed by atoms with Crippen LogP contribution in [0.3, 0.4) is 0 Å². The molecule has 0 bridgehead atoms. The van der Waals surface area contributed by atoms with Gasteiger partial charge in [0.05, 0.1) is 32.9 Å². The maximum Gasteiger partial charge on any atom is 0.294 e. The number of ether oxygens (including phenoxy) is 3. The number of para-hydroxylation sites is 1. The maximum atomic E-state index is 13.9. The normalized spacial score (nSPS) is 15.3. The molecule has 38 heavy (non-hydrogen) atoms. The van der Waals surface area contributed by atoms with Gasteiger partial charge in [-0.25, -0.2) is 0 Å². The van der Waals surface area contributed by atoms with Gasteiger partial charge in [0, 0.05) is 16.1 Å². The Morgan fingerprint density at radius 2 is 1.66 bits per heavy atom. The van der Waals surface area contributed by atoms with Gasteiger partial charge < -0.3 is 23.7 Å². The van der Waals surface area contributed by atoms with Crippen molar-refractivity contribution in [1.82, 2.24) is 0 Å². The quantitative estimate of drug-likeness (QED) is 0.282. The van der Waals surface area contributed by atoms with Gasteiger partial charge in [-0.15, -0.1) is 0 Å². The third-order valence-corrected chi connectivity index (χ3v) is 6.77. The summed E-state index contributed by atoms with van der Waals surface area (Å²) >= 11 is 6.10.